The molecule has 3 rings (SSSR count). The van der Waals surface area contributed by atoms with E-state index in [1.807, 2.05) is 37.3 Å². The van der Waals surface area contributed by atoms with Crippen molar-refractivity contribution in [2.24, 2.45) is 5.10 Å². The molecule has 31 heavy (non-hydrogen) atoms. The predicted octanol–water partition coefficient (Wildman–Crippen LogP) is 6.10. The number of halogens is 2. The molecule has 7 heteroatoms. The summed E-state index contributed by atoms with van der Waals surface area (Å²) in [6.45, 7) is 4.96. The number of ether oxygens (including phenoxy) is 2. The fraction of sp³-hybridized carbons (Fsp3) is 0.167. The molecule has 0 saturated heterocycles. The Balaban J connectivity index is 1.73. The second-order valence-corrected chi connectivity index (χ2v) is 8.77. The summed E-state index contributed by atoms with van der Waals surface area (Å²) in [6.07, 6.45) is 1.59. The third kappa shape index (κ3) is 6.54. The quantitative estimate of drug-likeness (QED) is 0.195. The van der Waals surface area contributed by atoms with Gasteiger partial charge in [0.05, 0.1) is 16.4 Å². The molecule has 0 aliphatic heterocycles. The summed E-state index contributed by atoms with van der Waals surface area (Å²) in [5.41, 5.74) is 6.18. The van der Waals surface area contributed by atoms with Gasteiger partial charge in [-0.3, -0.25) is 4.79 Å². The van der Waals surface area contributed by atoms with Gasteiger partial charge >= 0.3 is 0 Å². The summed E-state index contributed by atoms with van der Waals surface area (Å²) in [5.74, 6) is 1.05. The number of rotatable bonds is 8. The molecule has 0 heterocycles. The van der Waals surface area contributed by atoms with Gasteiger partial charge in [0.1, 0.15) is 6.61 Å². The van der Waals surface area contributed by atoms with Crippen molar-refractivity contribution in [2.75, 3.05) is 6.61 Å². The molecule has 1 amide bonds. The average Bonchev–Trinajstić information content (AvgIpc) is 2.74. The molecule has 0 aliphatic carbocycles. The molecule has 0 spiro atoms. The van der Waals surface area contributed by atoms with Crippen LogP contribution in [0.2, 0.25) is 0 Å². The molecular formula is C24H22BrIN2O3. The second-order valence-electron chi connectivity index (χ2n) is 6.69. The Morgan fingerprint density at radius 3 is 2.68 bits per heavy atom. The molecule has 0 aliphatic rings. The number of hydrogen-bond donors (Lipinski definition) is 1. The highest BCUT2D eigenvalue weighted by atomic mass is 127. The summed E-state index contributed by atoms with van der Waals surface area (Å²) in [5, 5.41) is 4.09. The third-order valence-corrected chi connectivity index (χ3v) is 5.73. The Morgan fingerprint density at radius 1 is 1.13 bits per heavy atom. The van der Waals surface area contributed by atoms with Crippen LogP contribution in [0.4, 0.5) is 0 Å². The van der Waals surface area contributed by atoms with Crippen molar-refractivity contribution in [3.63, 3.8) is 0 Å². The van der Waals surface area contributed by atoms with Crippen molar-refractivity contribution in [1.82, 2.24) is 5.43 Å². The Bertz CT molecular complexity index is 1100. The zero-order valence-corrected chi connectivity index (χ0v) is 20.9. The largest absolute Gasteiger partial charge is 0.490 e. The zero-order valence-electron chi connectivity index (χ0n) is 17.2. The fourth-order valence-electron chi connectivity index (χ4n) is 2.85. The minimum atomic E-state index is -0.282. The van der Waals surface area contributed by atoms with Gasteiger partial charge < -0.3 is 9.47 Å². The van der Waals surface area contributed by atoms with E-state index in [9.17, 15) is 4.79 Å². The number of carbonyl (C=O) groups excluding carboxylic acids is 1. The van der Waals surface area contributed by atoms with Crippen LogP contribution in [0.5, 0.6) is 11.5 Å². The van der Waals surface area contributed by atoms with E-state index in [1.165, 1.54) is 5.56 Å². The van der Waals surface area contributed by atoms with Gasteiger partial charge in [-0.05, 0) is 83.5 Å². The van der Waals surface area contributed by atoms with Crippen molar-refractivity contribution >= 4 is 50.6 Å². The maximum absolute atomic E-state index is 12.2. The van der Waals surface area contributed by atoms with Gasteiger partial charge in [0.25, 0.3) is 5.91 Å². The van der Waals surface area contributed by atoms with Crippen molar-refractivity contribution in [2.45, 2.75) is 20.5 Å². The van der Waals surface area contributed by atoms with Crippen LogP contribution >= 0.6 is 38.5 Å². The molecular weight excluding hydrogens is 571 g/mol. The van der Waals surface area contributed by atoms with Crippen LogP contribution in [0.3, 0.4) is 0 Å². The van der Waals surface area contributed by atoms with E-state index in [1.54, 1.807) is 24.4 Å². The molecule has 0 atom stereocenters. The lowest BCUT2D eigenvalue weighted by Gasteiger charge is -2.15. The van der Waals surface area contributed by atoms with Crippen molar-refractivity contribution < 1.29 is 14.3 Å². The minimum Gasteiger partial charge on any atom is -0.490 e. The van der Waals surface area contributed by atoms with Crippen LogP contribution in [-0.4, -0.2) is 18.7 Å². The summed E-state index contributed by atoms with van der Waals surface area (Å²) in [6, 6.07) is 19.0. The van der Waals surface area contributed by atoms with Gasteiger partial charge in [0.2, 0.25) is 0 Å². The first-order valence-corrected chi connectivity index (χ1v) is 11.6. The fourth-order valence-corrected chi connectivity index (χ4v) is 4.03. The highest BCUT2D eigenvalue weighted by Crippen LogP contribution is 2.34. The van der Waals surface area contributed by atoms with Crippen molar-refractivity contribution in [3.8, 4) is 11.5 Å². The molecule has 5 nitrogen and oxygen atoms in total. The molecule has 0 aromatic heterocycles. The van der Waals surface area contributed by atoms with Crippen LogP contribution < -0.4 is 14.9 Å². The van der Waals surface area contributed by atoms with Crippen LogP contribution in [0.25, 0.3) is 0 Å². The van der Waals surface area contributed by atoms with Gasteiger partial charge in [-0.1, -0.05) is 46.3 Å². The number of carbonyl (C=O) groups is 1. The van der Waals surface area contributed by atoms with Crippen LogP contribution in [-0.2, 0) is 6.61 Å². The number of hydrogen-bond acceptors (Lipinski definition) is 4. The van der Waals surface area contributed by atoms with E-state index in [4.69, 9.17) is 9.47 Å². The van der Waals surface area contributed by atoms with Crippen LogP contribution in [0.1, 0.15) is 34.0 Å². The zero-order chi connectivity index (χ0) is 22.2. The van der Waals surface area contributed by atoms with Crippen LogP contribution in [0.15, 0.2) is 70.2 Å². The maximum Gasteiger partial charge on any atom is 0.271 e. The predicted molar refractivity (Wildman–Crippen MR) is 135 cm³/mol. The second kappa shape index (κ2) is 11.3. The van der Waals surface area contributed by atoms with Crippen LogP contribution in [0, 0.1) is 10.5 Å². The monoisotopic (exact) mass is 592 g/mol. The van der Waals surface area contributed by atoms with Gasteiger partial charge in [0.15, 0.2) is 11.5 Å². The first-order chi connectivity index (χ1) is 15.0. The molecule has 1 N–H and O–H groups in total. The Morgan fingerprint density at radius 2 is 1.94 bits per heavy atom. The van der Waals surface area contributed by atoms with Gasteiger partial charge in [-0.25, -0.2) is 5.43 Å². The van der Waals surface area contributed by atoms with E-state index in [2.05, 4.69) is 68.1 Å². The number of nitrogens with one attached hydrogen (secondary N) is 1. The number of aryl methyl sites for hydroxylation is 1. The number of amides is 1. The molecule has 160 valence electrons. The third-order valence-electron chi connectivity index (χ3n) is 4.43. The molecule has 0 unspecified atom stereocenters. The SMILES string of the molecule is CCOc1cc(/C=N\NC(=O)c2cccc(Br)c2)cc(I)c1OCc1ccccc1C. The minimum absolute atomic E-state index is 0.282. The lowest BCUT2D eigenvalue weighted by atomic mass is 10.1. The first kappa shape index (κ1) is 23.3. The molecule has 3 aromatic rings. The molecule has 0 saturated carbocycles. The summed E-state index contributed by atoms with van der Waals surface area (Å²) in [7, 11) is 0. The summed E-state index contributed by atoms with van der Waals surface area (Å²) >= 11 is 5.58. The smallest absolute Gasteiger partial charge is 0.271 e. The summed E-state index contributed by atoms with van der Waals surface area (Å²) in [4.78, 5) is 12.2. The molecule has 0 radical (unpaired) electrons. The number of nitrogens with zero attached hydrogens (tertiary/aromatic N) is 1. The number of benzene rings is 3. The van der Waals surface area contributed by atoms with Gasteiger partial charge in [-0.2, -0.15) is 5.10 Å². The number of hydrazone groups is 1. The van der Waals surface area contributed by atoms with E-state index in [-0.39, 0.29) is 5.91 Å². The Kier molecular flexibility index (Phi) is 8.48. The highest BCUT2D eigenvalue weighted by Gasteiger charge is 2.13. The van der Waals surface area contributed by atoms with E-state index in [0.717, 1.165) is 19.2 Å². The van der Waals surface area contributed by atoms with E-state index < -0.39 is 0 Å². The standard InChI is InChI=1S/C24H22BrIN2O3/c1-3-30-22-12-17(14-27-28-24(29)18-9-6-10-20(25)13-18)11-21(26)23(22)31-15-19-8-5-4-7-16(19)2/h4-14H,3,15H2,1-2H3,(H,28,29)/b27-14-. The van der Waals surface area contributed by atoms with Crippen molar-refractivity contribution in [1.29, 1.82) is 0 Å². The van der Waals surface area contributed by atoms with Gasteiger partial charge in [-0.15, -0.1) is 0 Å². The van der Waals surface area contributed by atoms with E-state index in [0.29, 0.717) is 30.3 Å². The van der Waals surface area contributed by atoms with Crippen molar-refractivity contribution in [3.05, 3.63) is 91.0 Å². The lowest BCUT2D eigenvalue weighted by Crippen LogP contribution is -2.17. The molecule has 0 fully saturated rings. The van der Waals surface area contributed by atoms with Gasteiger partial charge in [0, 0.05) is 10.0 Å². The lowest BCUT2D eigenvalue weighted by molar-refractivity contribution is 0.0955. The average molecular weight is 593 g/mol. The Labute approximate surface area is 204 Å². The molecule has 3 aromatic carbocycles. The van der Waals surface area contributed by atoms with E-state index >= 15 is 0 Å². The summed E-state index contributed by atoms with van der Waals surface area (Å²) < 4.78 is 13.6. The Hall–Kier alpha value is -2.39. The highest BCUT2D eigenvalue weighted by molar-refractivity contribution is 14.1. The normalized spacial score (nSPS) is 10.8. The molecule has 0 bridgehead atoms. The topological polar surface area (TPSA) is 59.9 Å². The first-order valence-electron chi connectivity index (χ1n) is 9.70. The maximum atomic E-state index is 12.2.